The summed E-state index contributed by atoms with van der Waals surface area (Å²) in [4.78, 5) is 16.6. The van der Waals surface area contributed by atoms with Crippen molar-refractivity contribution in [1.82, 2.24) is 19.9 Å². The standard InChI is InChI=1S/C21H17ClN4O3/c1-28-18-8-3-2-7-16(18)21-23-19(29-25-21)11-12-26-20(27)10-9-17(24-26)14-5-4-6-15(22)13-14/h2-10,13H,11-12H2,1H3. The maximum Gasteiger partial charge on any atom is 0.266 e. The van der Waals surface area contributed by atoms with Crippen LogP contribution in [0.3, 0.4) is 0 Å². The smallest absolute Gasteiger partial charge is 0.266 e. The number of rotatable bonds is 6. The Labute approximate surface area is 171 Å². The molecule has 146 valence electrons. The summed E-state index contributed by atoms with van der Waals surface area (Å²) in [5, 5.41) is 9.05. The van der Waals surface area contributed by atoms with Crippen LogP contribution in [0.25, 0.3) is 22.6 Å². The minimum absolute atomic E-state index is 0.208. The molecule has 0 radical (unpaired) electrons. The third-order valence-electron chi connectivity index (χ3n) is 4.34. The van der Waals surface area contributed by atoms with Gasteiger partial charge in [-0.2, -0.15) is 10.1 Å². The van der Waals surface area contributed by atoms with Gasteiger partial charge in [-0.15, -0.1) is 0 Å². The first-order valence-corrected chi connectivity index (χ1v) is 9.32. The highest BCUT2D eigenvalue weighted by Gasteiger charge is 2.13. The van der Waals surface area contributed by atoms with Gasteiger partial charge in [0, 0.05) is 23.1 Å². The van der Waals surface area contributed by atoms with Crippen LogP contribution in [0.2, 0.25) is 5.02 Å². The van der Waals surface area contributed by atoms with Crippen LogP contribution < -0.4 is 10.3 Å². The minimum Gasteiger partial charge on any atom is -0.496 e. The molecule has 7 nitrogen and oxygen atoms in total. The number of aromatic nitrogens is 4. The molecule has 0 unspecified atom stereocenters. The van der Waals surface area contributed by atoms with Gasteiger partial charge in [0.25, 0.3) is 5.56 Å². The molecule has 29 heavy (non-hydrogen) atoms. The van der Waals surface area contributed by atoms with Crippen LogP contribution in [0.5, 0.6) is 5.75 Å². The van der Waals surface area contributed by atoms with Crippen molar-refractivity contribution in [3.8, 4) is 28.4 Å². The molecule has 0 spiro atoms. The Balaban J connectivity index is 1.53. The summed E-state index contributed by atoms with van der Waals surface area (Å²) in [5.41, 5.74) is 2.03. The summed E-state index contributed by atoms with van der Waals surface area (Å²) in [6, 6.07) is 17.9. The Bertz CT molecular complexity index is 1200. The number of hydrogen-bond donors (Lipinski definition) is 0. The van der Waals surface area contributed by atoms with Crippen LogP contribution in [-0.4, -0.2) is 27.0 Å². The molecule has 0 atom stereocenters. The molecule has 2 aromatic heterocycles. The molecule has 2 heterocycles. The summed E-state index contributed by atoms with van der Waals surface area (Å²) in [5.74, 6) is 1.50. The number of aryl methyl sites for hydroxylation is 2. The van der Waals surface area contributed by atoms with E-state index in [-0.39, 0.29) is 5.56 Å². The van der Waals surface area contributed by atoms with E-state index in [1.165, 1.54) is 10.7 Å². The molecule has 2 aromatic carbocycles. The maximum absolute atomic E-state index is 12.2. The normalized spacial score (nSPS) is 10.8. The molecule has 4 aromatic rings. The molecule has 0 saturated carbocycles. The number of methoxy groups -OCH3 is 1. The van der Waals surface area contributed by atoms with Crippen LogP contribution in [0.1, 0.15) is 5.89 Å². The van der Waals surface area contributed by atoms with Crippen molar-refractivity contribution >= 4 is 11.6 Å². The Hall–Kier alpha value is -3.45. The maximum atomic E-state index is 12.2. The third kappa shape index (κ3) is 4.20. The van der Waals surface area contributed by atoms with E-state index in [1.807, 2.05) is 36.4 Å². The van der Waals surface area contributed by atoms with Gasteiger partial charge in [-0.1, -0.05) is 41.0 Å². The molecule has 4 rings (SSSR count). The molecule has 0 aliphatic carbocycles. The van der Waals surface area contributed by atoms with Crippen molar-refractivity contribution in [3.63, 3.8) is 0 Å². The predicted molar refractivity (Wildman–Crippen MR) is 109 cm³/mol. The average molecular weight is 409 g/mol. The van der Waals surface area contributed by atoms with E-state index in [9.17, 15) is 4.79 Å². The first-order valence-electron chi connectivity index (χ1n) is 8.94. The second-order valence-corrected chi connectivity index (χ2v) is 6.69. The highest BCUT2D eigenvalue weighted by Crippen LogP contribution is 2.27. The van der Waals surface area contributed by atoms with Gasteiger partial charge in [-0.05, 0) is 30.3 Å². The summed E-state index contributed by atoms with van der Waals surface area (Å²) in [6.45, 7) is 0.306. The topological polar surface area (TPSA) is 83.0 Å². The Morgan fingerprint density at radius 2 is 1.97 bits per heavy atom. The summed E-state index contributed by atoms with van der Waals surface area (Å²) in [7, 11) is 1.59. The van der Waals surface area contributed by atoms with Crippen molar-refractivity contribution in [3.05, 3.63) is 81.9 Å². The number of hydrogen-bond acceptors (Lipinski definition) is 6. The second kappa shape index (κ2) is 8.28. The van der Waals surface area contributed by atoms with Crippen LogP contribution in [0, 0.1) is 0 Å². The van der Waals surface area contributed by atoms with Gasteiger partial charge in [-0.25, -0.2) is 4.68 Å². The Kier molecular flexibility index (Phi) is 5.39. The molecule has 0 aliphatic heterocycles. The van der Waals surface area contributed by atoms with Gasteiger partial charge in [0.05, 0.1) is 24.9 Å². The molecule has 0 N–H and O–H groups in total. The highest BCUT2D eigenvalue weighted by molar-refractivity contribution is 6.30. The van der Waals surface area contributed by atoms with Gasteiger partial charge < -0.3 is 9.26 Å². The number of para-hydroxylation sites is 1. The zero-order chi connectivity index (χ0) is 20.2. The van der Waals surface area contributed by atoms with Crippen LogP contribution in [0.4, 0.5) is 0 Å². The molecule has 0 aliphatic rings. The number of nitrogens with zero attached hydrogens (tertiary/aromatic N) is 4. The van der Waals surface area contributed by atoms with E-state index in [2.05, 4.69) is 15.2 Å². The molecular formula is C21H17ClN4O3. The van der Waals surface area contributed by atoms with Gasteiger partial charge in [0.2, 0.25) is 11.7 Å². The van der Waals surface area contributed by atoms with E-state index >= 15 is 0 Å². The fourth-order valence-corrected chi connectivity index (χ4v) is 3.10. The fraction of sp³-hybridized carbons (Fsp3) is 0.143. The number of benzene rings is 2. The summed E-state index contributed by atoms with van der Waals surface area (Å²) < 4.78 is 12.0. The monoisotopic (exact) mass is 408 g/mol. The van der Waals surface area contributed by atoms with Gasteiger partial charge in [0.15, 0.2) is 0 Å². The Morgan fingerprint density at radius 3 is 2.79 bits per heavy atom. The summed E-state index contributed by atoms with van der Waals surface area (Å²) >= 11 is 6.05. The quantitative estimate of drug-likeness (QED) is 0.481. The first-order chi connectivity index (χ1) is 14.1. The average Bonchev–Trinajstić information content (AvgIpc) is 3.22. The molecule has 0 fully saturated rings. The number of ether oxygens (including phenoxy) is 1. The lowest BCUT2D eigenvalue weighted by molar-refractivity contribution is 0.367. The van der Waals surface area contributed by atoms with Crippen molar-refractivity contribution in [2.24, 2.45) is 0 Å². The van der Waals surface area contributed by atoms with E-state index < -0.39 is 0 Å². The van der Waals surface area contributed by atoms with Crippen molar-refractivity contribution in [2.75, 3.05) is 7.11 Å². The van der Waals surface area contributed by atoms with E-state index in [0.717, 1.165) is 11.1 Å². The molecule has 0 bridgehead atoms. The second-order valence-electron chi connectivity index (χ2n) is 6.25. The van der Waals surface area contributed by atoms with Crippen molar-refractivity contribution in [1.29, 1.82) is 0 Å². The van der Waals surface area contributed by atoms with E-state index in [1.54, 1.807) is 25.3 Å². The van der Waals surface area contributed by atoms with E-state index in [0.29, 0.717) is 41.1 Å². The zero-order valence-electron chi connectivity index (χ0n) is 15.6. The first kappa shape index (κ1) is 18.9. The molecule has 0 saturated heterocycles. The lowest BCUT2D eigenvalue weighted by Gasteiger charge is -2.06. The zero-order valence-corrected chi connectivity index (χ0v) is 16.3. The largest absolute Gasteiger partial charge is 0.496 e. The summed E-state index contributed by atoms with van der Waals surface area (Å²) in [6.07, 6.45) is 0.369. The number of halogens is 1. The highest BCUT2D eigenvalue weighted by atomic mass is 35.5. The fourth-order valence-electron chi connectivity index (χ4n) is 2.91. The van der Waals surface area contributed by atoms with Crippen LogP contribution in [-0.2, 0) is 13.0 Å². The van der Waals surface area contributed by atoms with Crippen LogP contribution in [0.15, 0.2) is 70.0 Å². The van der Waals surface area contributed by atoms with Crippen LogP contribution >= 0.6 is 11.6 Å². The molecular weight excluding hydrogens is 392 g/mol. The third-order valence-corrected chi connectivity index (χ3v) is 4.58. The lowest BCUT2D eigenvalue weighted by Crippen LogP contribution is -2.23. The van der Waals surface area contributed by atoms with Gasteiger partial charge >= 0.3 is 0 Å². The predicted octanol–water partition coefficient (Wildman–Crippen LogP) is 3.87. The van der Waals surface area contributed by atoms with Crippen molar-refractivity contribution in [2.45, 2.75) is 13.0 Å². The SMILES string of the molecule is COc1ccccc1-c1noc(CCn2nc(-c3cccc(Cl)c3)ccc2=O)n1. The molecule has 0 amide bonds. The van der Waals surface area contributed by atoms with E-state index in [4.69, 9.17) is 20.9 Å². The lowest BCUT2D eigenvalue weighted by atomic mass is 10.1. The van der Waals surface area contributed by atoms with Gasteiger partial charge in [-0.3, -0.25) is 4.79 Å². The minimum atomic E-state index is -0.208. The van der Waals surface area contributed by atoms with Gasteiger partial charge in [0.1, 0.15) is 5.75 Å². The Morgan fingerprint density at radius 1 is 1.10 bits per heavy atom. The van der Waals surface area contributed by atoms with Crippen molar-refractivity contribution < 1.29 is 9.26 Å². The molecule has 8 heteroatoms.